The van der Waals surface area contributed by atoms with E-state index < -0.39 is 0 Å². The van der Waals surface area contributed by atoms with Crippen LogP contribution in [0.15, 0.2) is 29.3 Å². The van der Waals surface area contributed by atoms with Crippen molar-refractivity contribution >= 4 is 35.8 Å². The number of likely N-dealkylation sites (tertiary alicyclic amines) is 1. The molecular weight excluding hydrogens is 467 g/mol. The normalized spacial score (nSPS) is 14.0. The standard InChI is InChI=1S/C21H34N4O2.HI/c1-4-22-21(24-16-20(26)25-12-7-8-13-25)23-15-18-9-5-6-10-19(18)27-14-11-17(2)3;/h5-6,9-10,17H,4,7-8,11-16H2,1-3H3,(H2,22,23,24);1H. The lowest BCUT2D eigenvalue weighted by atomic mass is 10.1. The van der Waals surface area contributed by atoms with Crippen LogP contribution in [0.2, 0.25) is 0 Å². The fraction of sp³-hybridized carbons (Fsp3) is 0.619. The first-order valence-corrected chi connectivity index (χ1v) is 10.1. The van der Waals surface area contributed by atoms with Crippen molar-refractivity contribution in [2.45, 2.75) is 46.6 Å². The van der Waals surface area contributed by atoms with Crippen molar-refractivity contribution in [3.05, 3.63) is 29.8 Å². The molecule has 0 bridgehead atoms. The maximum absolute atomic E-state index is 12.2. The molecule has 2 rings (SSSR count). The number of para-hydroxylation sites is 1. The zero-order chi connectivity index (χ0) is 19.5. The van der Waals surface area contributed by atoms with Gasteiger partial charge >= 0.3 is 0 Å². The van der Waals surface area contributed by atoms with E-state index in [9.17, 15) is 4.79 Å². The minimum atomic E-state index is 0. The van der Waals surface area contributed by atoms with E-state index in [-0.39, 0.29) is 36.4 Å². The quantitative estimate of drug-likeness (QED) is 0.309. The lowest BCUT2D eigenvalue weighted by Crippen LogP contribution is -2.44. The number of carbonyl (C=O) groups is 1. The Balaban J connectivity index is 0.00000392. The highest BCUT2D eigenvalue weighted by molar-refractivity contribution is 14.0. The number of hydrogen-bond acceptors (Lipinski definition) is 3. The van der Waals surface area contributed by atoms with Crippen molar-refractivity contribution in [1.82, 2.24) is 15.5 Å². The fourth-order valence-electron chi connectivity index (χ4n) is 2.92. The first kappa shape index (κ1) is 24.5. The molecule has 1 saturated heterocycles. The van der Waals surface area contributed by atoms with Crippen molar-refractivity contribution in [3.63, 3.8) is 0 Å². The summed E-state index contributed by atoms with van der Waals surface area (Å²) in [6.07, 6.45) is 3.24. The average Bonchev–Trinajstić information content (AvgIpc) is 3.19. The van der Waals surface area contributed by atoms with E-state index in [1.54, 1.807) is 0 Å². The van der Waals surface area contributed by atoms with Crippen molar-refractivity contribution in [2.75, 3.05) is 32.8 Å². The summed E-state index contributed by atoms with van der Waals surface area (Å²) in [5, 5.41) is 6.36. The molecule has 1 aromatic rings. The van der Waals surface area contributed by atoms with Crippen LogP contribution in [0.1, 0.15) is 45.6 Å². The Kier molecular flexibility index (Phi) is 11.9. The number of benzene rings is 1. The number of amides is 1. The second-order valence-corrected chi connectivity index (χ2v) is 7.28. The van der Waals surface area contributed by atoms with E-state index in [4.69, 9.17) is 4.74 Å². The smallest absolute Gasteiger partial charge is 0.241 e. The van der Waals surface area contributed by atoms with Crippen LogP contribution in [-0.4, -0.2) is 49.6 Å². The van der Waals surface area contributed by atoms with Gasteiger partial charge in [0, 0.05) is 25.2 Å². The number of halogens is 1. The number of nitrogens with one attached hydrogen (secondary N) is 2. The molecule has 0 radical (unpaired) electrons. The molecule has 1 aliphatic heterocycles. The van der Waals surface area contributed by atoms with Gasteiger partial charge in [-0.3, -0.25) is 4.79 Å². The Hall–Kier alpha value is -1.51. The molecule has 1 aliphatic rings. The first-order valence-electron chi connectivity index (χ1n) is 10.1. The number of carbonyl (C=O) groups excluding carboxylic acids is 1. The maximum Gasteiger partial charge on any atom is 0.241 e. The van der Waals surface area contributed by atoms with Crippen LogP contribution in [0.25, 0.3) is 0 Å². The molecule has 0 aromatic heterocycles. The molecule has 2 N–H and O–H groups in total. The van der Waals surface area contributed by atoms with Gasteiger partial charge in [0.2, 0.25) is 5.91 Å². The number of nitrogens with zero attached hydrogens (tertiary/aromatic N) is 2. The van der Waals surface area contributed by atoms with Crippen molar-refractivity contribution in [3.8, 4) is 5.75 Å². The summed E-state index contributed by atoms with van der Waals surface area (Å²) in [4.78, 5) is 18.8. The summed E-state index contributed by atoms with van der Waals surface area (Å²) in [5.41, 5.74) is 1.05. The van der Waals surface area contributed by atoms with Gasteiger partial charge in [0.1, 0.15) is 5.75 Å². The molecule has 0 unspecified atom stereocenters. The third kappa shape index (κ3) is 8.67. The summed E-state index contributed by atoms with van der Waals surface area (Å²) in [5.74, 6) is 2.29. The number of rotatable bonds is 9. The molecule has 0 spiro atoms. The third-order valence-corrected chi connectivity index (χ3v) is 4.54. The topological polar surface area (TPSA) is 66.0 Å². The second kappa shape index (κ2) is 13.6. The largest absolute Gasteiger partial charge is 0.493 e. The lowest BCUT2D eigenvalue weighted by molar-refractivity contribution is -0.128. The Morgan fingerprint density at radius 3 is 2.61 bits per heavy atom. The van der Waals surface area contributed by atoms with E-state index in [0.717, 1.165) is 50.2 Å². The molecule has 1 amide bonds. The Labute approximate surface area is 186 Å². The highest BCUT2D eigenvalue weighted by Crippen LogP contribution is 2.19. The molecule has 1 fully saturated rings. The van der Waals surface area contributed by atoms with E-state index >= 15 is 0 Å². The molecule has 28 heavy (non-hydrogen) atoms. The molecule has 0 saturated carbocycles. The van der Waals surface area contributed by atoms with Gasteiger partial charge in [-0.1, -0.05) is 32.0 Å². The van der Waals surface area contributed by atoms with Gasteiger partial charge in [0.15, 0.2) is 5.96 Å². The number of hydrogen-bond donors (Lipinski definition) is 2. The SMILES string of the molecule is CCNC(=NCc1ccccc1OCCC(C)C)NCC(=O)N1CCCC1.I. The zero-order valence-corrected chi connectivity index (χ0v) is 19.7. The van der Waals surface area contributed by atoms with Gasteiger partial charge in [-0.15, -0.1) is 24.0 Å². The summed E-state index contributed by atoms with van der Waals surface area (Å²) in [7, 11) is 0. The van der Waals surface area contributed by atoms with Crippen LogP contribution in [0.4, 0.5) is 0 Å². The Bertz CT molecular complexity index is 616. The van der Waals surface area contributed by atoms with Crippen molar-refractivity contribution < 1.29 is 9.53 Å². The molecule has 0 atom stereocenters. The fourth-order valence-corrected chi connectivity index (χ4v) is 2.92. The molecule has 6 nitrogen and oxygen atoms in total. The maximum atomic E-state index is 12.2. The summed E-state index contributed by atoms with van der Waals surface area (Å²) in [6.45, 7) is 10.4. The van der Waals surface area contributed by atoms with Gasteiger partial charge in [-0.25, -0.2) is 4.99 Å². The number of aliphatic imine (C=N–C) groups is 1. The van der Waals surface area contributed by atoms with Crippen LogP contribution >= 0.6 is 24.0 Å². The zero-order valence-electron chi connectivity index (χ0n) is 17.4. The average molecular weight is 502 g/mol. The predicted molar refractivity (Wildman–Crippen MR) is 125 cm³/mol. The minimum Gasteiger partial charge on any atom is -0.493 e. The van der Waals surface area contributed by atoms with E-state index in [1.165, 1.54) is 0 Å². The third-order valence-electron chi connectivity index (χ3n) is 4.54. The van der Waals surface area contributed by atoms with Crippen LogP contribution < -0.4 is 15.4 Å². The van der Waals surface area contributed by atoms with Gasteiger partial charge in [0.05, 0.1) is 19.7 Å². The minimum absolute atomic E-state index is 0. The van der Waals surface area contributed by atoms with Gasteiger partial charge in [-0.05, 0) is 38.2 Å². The molecule has 1 heterocycles. The molecule has 1 aromatic carbocycles. The summed E-state index contributed by atoms with van der Waals surface area (Å²) < 4.78 is 5.94. The van der Waals surface area contributed by atoms with Crippen LogP contribution in [0.3, 0.4) is 0 Å². The molecule has 0 aliphatic carbocycles. The second-order valence-electron chi connectivity index (χ2n) is 7.28. The highest BCUT2D eigenvalue weighted by Gasteiger charge is 2.17. The van der Waals surface area contributed by atoms with E-state index in [0.29, 0.717) is 25.0 Å². The van der Waals surface area contributed by atoms with Gasteiger partial charge in [-0.2, -0.15) is 0 Å². The first-order chi connectivity index (χ1) is 13.1. The van der Waals surface area contributed by atoms with E-state index in [2.05, 4.69) is 29.5 Å². The summed E-state index contributed by atoms with van der Waals surface area (Å²) >= 11 is 0. The molecule has 7 heteroatoms. The number of guanidine groups is 1. The van der Waals surface area contributed by atoms with Crippen LogP contribution in [0, 0.1) is 5.92 Å². The van der Waals surface area contributed by atoms with Crippen LogP contribution in [0.5, 0.6) is 5.75 Å². The monoisotopic (exact) mass is 502 g/mol. The van der Waals surface area contributed by atoms with Crippen molar-refractivity contribution in [1.29, 1.82) is 0 Å². The van der Waals surface area contributed by atoms with Gasteiger partial charge in [0.25, 0.3) is 0 Å². The Morgan fingerprint density at radius 1 is 1.21 bits per heavy atom. The highest BCUT2D eigenvalue weighted by atomic mass is 127. The number of ether oxygens (including phenoxy) is 1. The summed E-state index contributed by atoms with van der Waals surface area (Å²) in [6, 6.07) is 8.00. The van der Waals surface area contributed by atoms with E-state index in [1.807, 2.05) is 36.1 Å². The van der Waals surface area contributed by atoms with Gasteiger partial charge < -0.3 is 20.3 Å². The Morgan fingerprint density at radius 2 is 1.93 bits per heavy atom. The lowest BCUT2D eigenvalue weighted by Gasteiger charge is -2.17. The predicted octanol–water partition coefficient (Wildman–Crippen LogP) is 3.41. The molecular formula is C21H35IN4O2. The van der Waals surface area contributed by atoms with Crippen LogP contribution in [-0.2, 0) is 11.3 Å². The van der Waals surface area contributed by atoms with Crippen molar-refractivity contribution in [2.24, 2.45) is 10.9 Å². The molecule has 158 valence electrons.